The van der Waals surface area contributed by atoms with Crippen LogP contribution in [-0.2, 0) is 9.59 Å². The number of hydrogen-bond donors (Lipinski definition) is 2. The number of likely N-dealkylation sites (N-methyl/N-ethyl adjacent to an activating group) is 1. The highest BCUT2D eigenvalue weighted by Crippen LogP contribution is 2.39. The van der Waals surface area contributed by atoms with E-state index in [0.717, 1.165) is 11.1 Å². The van der Waals surface area contributed by atoms with Gasteiger partial charge in [0.15, 0.2) is 0 Å². The molecule has 0 saturated carbocycles. The Bertz CT molecular complexity index is 951. The van der Waals surface area contributed by atoms with Crippen molar-refractivity contribution in [2.75, 3.05) is 34.3 Å². The number of nitrogens with one attached hydrogen (secondary N) is 1. The molecule has 2 aromatic rings. The summed E-state index contributed by atoms with van der Waals surface area (Å²) < 4.78 is 5.28. The average Bonchev–Trinajstić information content (AvgIpc) is 2.97. The second-order valence-electron chi connectivity index (χ2n) is 7.54. The molecule has 0 bridgehead atoms. The molecule has 2 N–H and O–H groups in total. The van der Waals surface area contributed by atoms with Crippen molar-refractivity contribution in [2.24, 2.45) is 0 Å². The number of likely N-dealkylation sites (tertiary alicyclic amines) is 1. The van der Waals surface area contributed by atoms with Gasteiger partial charge in [0, 0.05) is 5.56 Å². The SMILES string of the molecule is COc1ccc(C(O)=C2C(=O)C(=O)N(CC[NH+](C)C)C2c2ccccc2)cc1C. The van der Waals surface area contributed by atoms with Gasteiger partial charge in [0.1, 0.15) is 11.5 Å². The van der Waals surface area contributed by atoms with Gasteiger partial charge in [-0.1, -0.05) is 30.3 Å². The highest BCUT2D eigenvalue weighted by molar-refractivity contribution is 6.46. The minimum absolute atomic E-state index is 0.125. The van der Waals surface area contributed by atoms with E-state index in [1.807, 2.05) is 51.4 Å². The molecule has 1 fully saturated rings. The summed E-state index contributed by atoms with van der Waals surface area (Å²) in [6.45, 7) is 2.98. The van der Waals surface area contributed by atoms with Gasteiger partial charge < -0.3 is 19.6 Å². The Morgan fingerprint density at radius 2 is 1.83 bits per heavy atom. The Hall–Kier alpha value is -3.12. The molecule has 0 radical (unpaired) electrons. The fourth-order valence-corrected chi connectivity index (χ4v) is 3.62. The maximum absolute atomic E-state index is 12.9. The summed E-state index contributed by atoms with van der Waals surface area (Å²) in [5, 5.41) is 11.1. The first-order valence-corrected chi connectivity index (χ1v) is 9.62. The number of rotatable bonds is 6. The molecular formula is C23H27N2O4+. The van der Waals surface area contributed by atoms with E-state index in [1.54, 1.807) is 30.2 Å². The zero-order valence-corrected chi connectivity index (χ0v) is 17.2. The lowest BCUT2D eigenvalue weighted by Crippen LogP contribution is -3.06. The van der Waals surface area contributed by atoms with Gasteiger partial charge in [-0.25, -0.2) is 0 Å². The van der Waals surface area contributed by atoms with Gasteiger partial charge in [0.25, 0.3) is 11.7 Å². The molecule has 1 saturated heterocycles. The van der Waals surface area contributed by atoms with Crippen LogP contribution >= 0.6 is 0 Å². The van der Waals surface area contributed by atoms with Crippen LogP contribution in [0.1, 0.15) is 22.7 Å². The maximum Gasteiger partial charge on any atom is 0.295 e. The van der Waals surface area contributed by atoms with E-state index < -0.39 is 17.7 Å². The molecular weight excluding hydrogens is 368 g/mol. The first-order valence-electron chi connectivity index (χ1n) is 9.62. The summed E-state index contributed by atoms with van der Waals surface area (Å²) in [6, 6.07) is 13.9. The van der Waals surface area contributed by atoms with Crippen LogP contribution in [0.2, 0.25) is 0 Å². The highest BCUT2D eigenvalue weighted by Gasteiger charge is 2.46. The molecule has 1 atom stereocenters. The van der Waals surface area contributed by atoms with Gasteiger partial charge in [0.2, 0.25) is 0 Å². The van der Waals surface area contributed by atoms with Gasteiger partial charge in [-0.2, -0.15) is 0 Å². The first kappa shape index (κ1) is 20.6. The molecule has 29 heavy (non-hydrogen) atoms. The average molecular weight is 395 g/mol. The molecule has 1 aliphatic heterocycles. The Labute approximate surface area is 171 Å². The molecule has 2 aromatic carbocycles. The van der Waals surface area contributed by atoms with Gasteiger partial charge >= 0.3 is 0 Å². The number of methoxy groups -OCH3 is 1. The zero-order chi connectivity index (χ0) is 21.1. The molecule has 6 nitrogen and oxygen atoms in total. The summed E-state index contributed by atoms with van der Waals surface area (Å²) >= 11 is 0. The number of carbonyl (C=O) groups is 2. The number of benzene rings is 2. The van der Waals surface area contributed by atoms with Crippen molar-refractivity contribution in [1.82, 2.24) is 4.90 Å². The number of aliphatic hydroxyl groups is 1. The lowest BCUT2D eigenvalue weighted by atomic mass is 9.95. The standard InChI is InChI=1S/C23H26N2O4/c1-15-14-17(10-11-18(15)29-4)21(26)19-20(16-8-6-5-7-9-16)25(13-12-24(2)3)23(28)22(19)27/h5-11,14,20,26H,12-13H2,1-4H3/p+1. The van der Waals surface area contributed by atoms with Gasteiger partial charge in [-0.05, 0) is 36.2 Å². The van der Waals surface area contributed by atoms with Crippen LogP contribution < -0.4 is 9.64 Å². The number of amides is 1. The van der Waals surface area contributed by atoms with Crippen molar-refractivity contribution in [3.63, 3.8) is 0 Å². The number of hydrogen-bond acceptors (Lipinski definition) is 4. The summed E-state index contributed by atoms with van der Waals surface area (Å²) in [5.74, 6) is -0.705. The van der Waals surface area contributed by atoms with Gasteiger partial charge in [-0.3, -0.25) is 9.59 Å². The van der Waals surface area contributed by atoms with E-state index in [2.05, 4.69) is 0 Å². The van der Waals surface area contributed by atoms with E-state index in [1.165, 1.54) is 4.90 Å². The predicted octanol–water partition coefficient (Wildman–Crippen LogP) is 1.57. The molecule has 3 rings (SSSR count). The Morgan fingerprint density at radius 3 is 2.41 bits per heavy atom. The lowest BCUT2D eigenvalue weighted by molar-refractivity contribution is -0.857. The minimum atomic E-state index is -0.654. The Balaban J connectivity index is 2.13. The van der Waals surface area contributed by atoms with Crippen molar-refractivity contribution < 1.29 is 24.3 Å². The first-order chi connectivity index (χ1) is 13.8. The quantitative estimate of drug-likeness (QED) is 0.443. The van der Waals surface area contributed by atoms with Crippen LogP contribution in [0.3, 0.4) is 0 Å². The third kappa shape index (κ3) is 4.03. The number of carbonyl (C=O) groups excluding carboxylic acids is 2. The van der Waals surface area contributed by atoms with E-state index in [9.17, 15) is 14.7 Å². The Morgan fingerprint density at radius 1 is 1.14 bits per heavy atom. The molecule has 1 heterocycles. The van der Waals surface area contributed by atoms with E-state index in [0.29, 0.717) is 24.4 Å². The number of ketones is 1. The van der Waals surface area contributed by atoms with Crippen molar-refractivity contribution >= 4 is 17.4 Å². The van der Waals surface area contributed by atoms with E-state index in [-0.39, 0.29) is 11.3 Å². The summed E-state index contributed by atoms with van der Waals surface area (Å²) in [7, 11) is 5.57. The van der Waals surface area contributed by atoms with Crippen LogP contribution in [0, 0.1) is 6.92 Å². The number of nitrogens with zero attached hydrogens (tertiary/aromatic N) is 1. The van der Waals surface area contributed by atoms with Crippen LogP contribution in [0.5, 0.6) is 5.75 Å². The van der Waals surface area contributed by atoms with E-state index >= 15 is 0 Å². The number of aliphatic hydroxyl groups excluding tert-OH is 1. The van der Waals surface area contributed by atoms with Crippen molar-refractivity contribution in [3.05, 3.63) is 70.8 Å². The predicted molar refractivity (Wildman–Crippen MR) is 111 cm³/mol. The van der Waals surface area contributed by atoms with Gasteiger partial charge in [-0.15, -0.1) is 0 Å². The Kier molecular flexibility index (Phi) is 6.03. The molecule has 6 heteroatoms. The largest absolute Gasteiger partial charge is 0.507 e. The monoisotopic (exact) mass is 395 g/mol. The summed E-state index contributed by atoms with van der Waals surface area (Å²) in [6.07, 6.45) is 0. The lowest BCUT2D eigenvalue weighted by Gasteiger charge is -2.25. The van der Waals surface area contributed by atoms with Crippen molar-refractivity contribution in [3.8, 4) is 5.75 Å². The third-order valence-electron chi connectivity index (χ3n) is 5.18. The van der Waals surface area contributed by atoms with Crippen LogP contribution in [0.25, 0.3) is 5.76 Å². The third-order valence-corrected chi connectivity index (χ3v) is 5.18. The summed E-state index contributed by atoms with van der Waals surface area (Å²) in [5.41, 5.74) is 2.24. The maximum atomic E-state index is 12.9. The molecule has 1 unspecified atom stereocenters. The normalized spacial score (nSPS) is 18.5. The molecule has 152 valence electrons. The number of aryl methyl sites for hydroxylation is 1. The molecule has 0 aliphatic carbocycles. The van der Waals surface area contributed by atoms with Crippen LogP contribution in [-0.4, -0.2) is 56.0 Å². The van der Waals surface area contributed by atoms with Crippen molar-refractivity contribution in [2.45, 2.75) is 13.0 Å². The molecule has 1 amide bonds. The topological polar surface area (TPSA) is 71.3 Å². The number of ether oxygens (including phenoxy) is 1. The molecule has 1 aliphatic rings. The highest BCUT2D eigenvalue weighted by atomic mass is 16.5. The second kappa shape index (κ2) is 8.49. The van der Waals surface area contributed by atoms with Crippen LogP contribution in [0.15, 0.2) is 54.1 Å². The minimum Gasteiger partial charge on any atom is -0.507 e. The van der Waals surface area contributed by atoms with Crippen LogP contribution in [0.4, 0.5) is 0 Å². The van der Waals surface area contributed by atoms with E-state index in [4.69, 9.17) is 4.74 Å². The number of quaternary nitrogens is 1. The fraction of sp³-hybridized carbons (Fsp3) is 0.304. The summed E-state index contributed by atoms with van der Waals surface area (Å²) in [4.78, 5) is 28.5. The van der Waals surface area contributed by atoms with Crippen molar-refractivity contribution in [1.29, 1.82) is 0 Å². The molecule has 0 aromatic heterocycles. The second-order valence-corrected chi connectivity index (χ2v) is 7.54. The smallest absolute Gasteiger partial charge is 0.295 e. The molecule has 0 spiro atoms. The fourth-order valence-electron chi connectivity index (χ4n) is 3.62. The van der Waals surface area contributed by atoms with Gasteiger partial charge in [0.05, 0.1) is 45.9 Å². The zero-order valence-electron chi connectivity index (χ0n) is 17.2. The number of Topliss-reactive ketones (excluding diaryl/α,β-unsaturated/α-hetero) is 1.